The summed E-state index contributed by atoms with van der Waals surface area (Å²) in [5, 5.41) is 12.6. The maximum Gasteiger partial charge on any atom is 0.343 e. The molecule has 7 heteroatoms. The summed E-state index contributed by atoms with van der Waals surface area (Å²) in [5.74, 6) is 0.231. The molecule has 0 heterocycles. The van der Waals surface area contributed by atoms with Crippen LogP contribution in [0.25, 0.3) is 0 Å². The highest BCUT2D eigenvalue weighted by Crippen LogP contribution is 2.17. The van der Waals surface area contributed by atoms with Gasteiger partial charge in [-0.05, 0) is 36.6 Å². The van der Waals surface area contributed by atoms with Crippen LogP contribution in [-0.2, 0) is 20.7 Å². The standard InChI is InChI=1S/C22H29NO5.ClH/c1-17(14-18-8-10-20(11-9-18)28-16-22(25)26-2)23-15-21(27-13-12-24)19-6-4-3-5-7-19;/h3-11,17,21,23-24H,12-16H2,1-2H3;1H. The number of carbonyl (C=O) groups is 1. The third kappa shape index (κ3) is 9.28. The molecule has 0 amide bonds. The van der Waals surface area contributed by atoms with Gasteiger partial charge in [-0.15, -0.1) is 12.4 Å². The largest absolute Gasteiger partial charge is 0.482 e. The van der Waals surface area contributed by atoms with Crippen LogP contribution in [0.1, 0.15) is 24.2 Å². The van der Waals surface area contributed by atoms with Gasteiger partial charge in [-0.2, -0.15) is 0 Å². The molecule has 29 heavy (non-hydrogen) atoms. The van der Waals surface area contributed by atoms with Gasteiger partial charge in [0.15, 0.2) is 6.61 Å². The van der Waals surface area contributed by atoms with E-state index < -0.39 is 5.97 Å². The molecular weight excluding hydrogens is 394 g/mol. The van der Waals surface area contributed by atoms with Gasteiger partial charge < -0.3 is 24.6 Å². The average Bonchev–Trinajstić information content (AvgIpc) is 2.73. The summed E-state index contributed by atoms with van der Waals surface area (Å²) in [7, 11) is 1.33. The van der Waals surface area contributed by atoms with E-state index in [9.17, 15) is 4.79 Å². The first-order chi connectivity index (χ1) is 13.6. The van der Waals surface area contributed by atoms with E-state index in [-0.39, 0.29) is 37.8 Å². The van der Waals surface area contributed by atoms with Crippen molar-refractivity contribution in [3.05, 3.63) is 65.7 Å². The van der Waals surface area contributed by atoms with Crippen LogP contribution >= 0.6 is 12.4 Å². The van der Waals surface area contributed by atoms with E-state index in [0.717, 1.165) is 17.5 Å². The fourth-order valence-electron chi connectivity index (χ4n) is 2.79. The Hall–Kier alpha value is -2.12. The molecular formula is C22H30ClNO5. The van der Waals surface area contributed by atoms with Crippen LogP contribution in [0.2, 0.25) is 0 Å². The van der Waals surface area contributed by atoms with Gasteiger partial charge >= 0.3 is 5.97 Å². The Morgan fingerprint density at radius 1 is 1.10 bits per heavy atom. The molecule has 0 aliphatic rings. The molecule has 0 aliphatic carbocycles. The maximum absolute atomic E-state index is 11.1. The lowest BCUT2D eigenvalue weighted by molar-refractivity contribution is -0.142. The van der Waals surface area contributed by atoms with Crippen molar-refractivity contribution in [2.75, 3.05) is 33.5 Å². The van der Waals surface area contributed by atoms with Crippen molar-refractivity contribution in [3.8, 4) is 5.75 Å². The Labute approximate surface area is 178 Å². The molecule has 0 fully saturated rings. The summed E-state index contributed by atoms with van der Waals surface area (Å²) >= 11 is 0. The Morgan fingerprint density at radius 2 is 1.79 bits per heavy atom. The van der Waals surface area contributed by atoms with E-state index in [0.29, 0.717) is 18.9 Å². The maximum atomic E-state index is 11.1. The van der Waals surface area contributed by atoms with E-state index in [2.05, 4.69) is 17.0 Å². The molecule has 6 nitrogen and oxygen atoms in total. The Bertz CT molecular complexity index is 696. The van der Waals surface area contributed by atoms with Crippen LogP contribution in [0.15, 0.2) is 54.6 Å². The van der Waals surface area contributed by atoms with Gasteiger partial charge in [0.25, 0.3) is 0 Å². The topological polar surface area (TPSA) is 77.0 Å². The zero-order chi connectivity index (χ0) is 20.2. The third-order valence-electron chi connectivity index (χ3n) is 4.28. The SMILES string of the molecule is COC(=O)COc1ccc(CC(C)NCC(OCCO)c2ccccc2)cc1.Cl. The predicted molar refractivity (Wildman–Crippen MR) is 115 cm³/mol. The first kappa shape index (κ1) is 24.9. The molecule has 0 saturated heterocycles. The number of ether oxygens (including phenoxy) is 3. The second-order valence-corrected chi connectivity index (χ2v) is 6.52. The zero-order valence-corrected chi connectivity index (χ0v) is 17.7. The molecule has 2 rings (SSSR count). The van der Waals surface area contributed by atoms with Crippen molar-refractivity contribution in [1.29, 1.82) is 0 Å². The zero-order valence-electron chi connectivity index (χ0n) is 16.9. The number of aliphatic hydroxyl groups is 1. The number of nitrogens with one attached hydrogen (secondary N) is 1. The van der Waals surface area contributed by atoms with E-state index in [1.807, 2.05) is 54.6 Å². The molecule has 0 aliphatic heterocycles. The highest BCUT2D eigenvalue weighted by Gasteiger charge is 2.13. The van der Waals surface area contributed by atoms with Crippen molar-refractivity contribution < 1.29 is 24.1 Å². The van der Waals surface area contributed by atoms with Crippen LogP contribution in [0.4, 0.5) is 0 Å². The van der Waals surface area contributed by atoms with Crippen molar-refractivity contribution in [3.63, 3.8) is 0 Å². The van der Waals surface area contributed by atoms with Crippen molar-refractivity contribution in [2.45, 2.75) is 25.5 Å². The molecule has 0 radical (unpaired) electrons. The minimum absolute atomic E-state index is 0. The second kappa shape index (κ2) is 14.0. The molecule has 2 aromatic rings. The summed E-state index contributed by atoms with van der Waals surface area (Å²) in [5.41, 5.74) is 2.25. The molecule has 0 bridgehead atoms. The van der Waals surface area contributed by atoms with Gasteiger partial charge in [-0.25, -0.2) is 4.79 Å². The van der Waals surface area contributed by atoms with E-state index in [4.69, 9.17) is 14.6 Å². The summed E-state index contributed by atoms with van der Waals surface area (Å²) < 4.78 is 15.7. The quantitative estimate of drug-likeness (QED) is 0.511. The predicted octanol–water partition coefficient (Wildman–Crippen LogP) is 2.93. The van der Waals surface area contributed by atoms with Crippen LogP contribution < -0.4 is 10.1 Å². The first-order valence-electron chi connectivity index (χ1n) is 9.41. The van der Waals surface area contributed by atoms with E-state index in [1.54, 1.807) is 0 Å². The fraction of sp³-hybridized carbons (Fsp3) is 0.409. The first-order valence-corrected chi connectivity index (χ1v) is 9.41. The average molecular weight is 424 g/mol. The van der Waals surface area contributed by atoms with Crippen molar-refractivity contribution in [2.24, 2.45) is 0 Å². The van der Waals surface area contributed by atoms with Gasteiger partial charge in [0, 0.05) is 12.6 Å². The van der Waals surface area contributed by atoms with Crippen LogP contribution in [-0.4, -0.2) is 50.6 Å². The summed E-state index contributed by atoms with van der Waals surface area (Å²) in [6.45, 7) is 3.00. The molecule has 2 atom stereocenters. The van der Waals surface area contributed by atoms with Crippen molar-refractivity contribution in [1.82, 2.24) is 5.32 Å². The molecule has 160 valence electrons. The molecule has 2 unspecified atom stereocenters. The molecule has 2 N–H and O–H groups in total. The smallest absolute Gasteiger partial charge is 0.343 e. The lowest BCUT2D eigenvalue weighted by Crippen LogP contribution is -2.33. The summed E-state index contributed by atoms with van der Waals surface area (Å²) in [6.07, 6.45) is 0.739. The summed E-state index contributed by atoms with van der Waals surface area (Å²) in [4.78, 5) is 11.1. The highest BCUT2D eigenvalue weighted by molar-refractivity contribution is 5.85. The van der Waals surface area contributed by atoms with Gasteiger partial charge in [0.1, 0.15) is 5.75 Å². The van der Waals surface area contributed by atoms with E-state index in [1.165, 1.54) is 7.11 Å². The Balaban J connectivity index is 0.00000420. The molecule has 0 aromatic heterocycles. The number of hydrogen-bond acceptors (Lipinski definition) is 6. The van der Waals surface area contributed by atoms with Crippen LogP contribution in [0.3, 0.4) is 0 Å². The minimum Gasteiger partial charge on any atom is -0.482 e. The second-order valence-electron chi connectivity index (χ2n) is 6.52. The lowest BCUT2D eigenvalue weighted by Gasteiger charge is -2.22. The minimum atomic E-state index is -0.404. The highest BCUT2D eigenvalue weighted by atomic mass is 35.5. The number of esters is 1. The number of aliphatic hydroxyl groups excluding tert-OH is 1. The fourth-order valence-corrected chi connectivity index (χ4v) is 2.79. The number of methoxy groups -OCH3 is 1. The van der Waals surface area contributed by atoms with E-state index >= 15 is 0 Å². The van der Waals surface area contributed by atoms with Gasteiger partial charge in [-0.1, -0.05) is 42.5 Å². The number of halogens is 1. The number of carbonyl (C=O) groups excluding carboxylic acids is 1. The van der Waals surface area contributed by atoms with Crippen molar-refractivity contribution >= 4 is 18.4 Å². The third-order valence-corrected chi connectivity index (χ3v) is 4.28. The number of hydrogen-bond donors (Lipinski definition) is 2. The lowest BCUT2D eigenvalue weighted by atomic mass is 10.1. The normalized spacial score (nSPS) is 12.5. The van der Waals surface area contributed by atoms with Gasteiger partial charge in [0.2, 0.25) is 0 Å². The summed E-state index contributed by atoms with van der Waals surface area (Å²) in [6, 6.07) is 17.9. The Kier molecular flexibility index (Phi) is 12.0. The van der Waals surface area contributed by atoms with Crippen LogP contribution in [0, 0.1) is 0 Å². The van der Waals surface area contributed by atoms with Gasteiger partial charge in [-0.3, -0.25) is 0 Å². The number of rotatable bonds is 12. The molecule has 0 spiro atoms. The number of benzene rings is 2. The van der Waals surface area contributed by atoms with Gasteiger partial charge in [0.05, 0.1) is 26.4 Å². The monoisotopic (exact) mass is 423 g/mol. The molecule has 0 saturated carbocycles. The Morgan fingerprint density at radius 3 is 2.41 bits per heavy atom. The van der Waals surface area contributed by atoms with Crippen LogP contribution in [0.5, 0.6) is 5.75 Å². The molecule has 2 aromatic carbocycles.